The van der Waals surface area contributed by atoms with Gasteiger partial charge in [0.25, 0.3) is 5.91 Å². The smallest absolute Gasteiger partial charge is 0.289 e. The second kappa shape index (κ2) is 6.71. The van der Waals surface area contributed by atoms with Crippen LogP contribution < -0.4 is 10.5 Å². The summed E-state index contributed by atoms with van der Waals surface area (Å²) >= 11 is 0. The van der Waals surface area contributed by atoms with Crippen LogP contribution in [0.4, 0.5) is 0 Å². The van der Waals surface area contributed by atoms with Gasteiger partial charge in [0, 0.05) is 31.1 Å². The van der Waals surface area contributed by atoms with E-state index in [2.05, 4.69) is 5.32 Å². The van der Waals surface area contributed by atoms with E-state index in [1.807, 2.05) is 0 Å². The number of hydrogen-bond acceptors (Lipinski definition) is 5. The maximum absolute atomic E-state index is 12.4. The van der Waals surface area contributed by atoms with Crippen LogP contribution in [0.1, 0.15) is 37.2 Å². The predicted octanol–water partition coefficient (Wildman–Crippen LogP) is 0.304. The lowest BCUT2D eigenvalue weighted by molar-refractivity contribution is -0.125. The van der Waals surface area contributed by atoms with Gasteiger partial charge in [0.05, 0.1) is 0 Å². The number of carbonyl (C=O) groups excluding carboxylic acids is 2. The third-order valence-corrected chi connectivity index (χ3v) is 4.57. The molecular weight excluding hydrogens is 322 g/mol. The van der Waals surface area contributed by atoms with E-state index in [0.29, 0.717) is 13.1 Å². The summed E-state index contributed by atoms with van der Waals surface area (Å²) in [6.45, 7) is 4.50. The molecular formula is C14H21N3O5S. The van der Waals surface area contributed by atoms with Gasteiger partial charge in [0.15, 0.2) is 5.76 Å². The fourth-order valence-corrected chi connectivity index (χ4v) is 2.84. The van der Waals surface area contributed by atoms with Crippen molar-refractivity contribution in [2.24, 2.45) is 11.1 Å². The lowest BCUT2D eigenvalue weighted by atomic mass is 10.0. The molecule has 23 heavy (non-hydrogen) atoms. The largest absolute Gasteiger partial charge is 0.458 e. The van der Waals surface area contributed by atoms with Crippen LogP contribution in [-0.2, 0) is 14.8 Å². The van der Waals surface area contributed by atoms with Crippen molar-refractivity contribution in [1.82, 2.24) is 10.2 Å². The number of nitrogens with one attached hydrogen (secondary N) is 1. The van der Waals surface area contributed by atoms with Gasteiger partial charge in [-0.1, -0.05) is 13.8 Å². The van der Waals surface area contributed by atoms with Crippen molar-refractivity contribution in [3.05, 3.63) is 18.1 Å². The zero-order chi connectivity index (χ0) is 17.2. The summed E-state index contributed by atoms with van der Waals surface area (Å²) in [6, 6.07) is 1.00. The summed E-state index contributed by atoms with van der Waals surface area (Å²) in [6.07, 6.45) is 2.49. The molecule has 1 aromatic heterocycles. The van der Waals surface area contributed by atoms with E-state index >= 15 is 0 Å². The Balaban J connectivity index is 2.04. The normalized spacial score (nSPS) is 19.0. The molecule has 0 bridgehead atoms. The Morgan fingerprint density at radius 2 is 2.13 bits per heavy atom. The molecule has 3 N–H and O–H groups in total. The molecule has 0 aromatic carbocycles. The standard InChI is InChI=1S/C14H21N3O5S/c1-9(2)13(18)16-10-4-3-5-17(7-10)14(19)12-6-11(8-22-12)23(15,20)21/h6,8-10H,3-5,7H2,1-2H3,(H,16,18)(H2,15,20,21). The minimum absolute atomic E-state index is 0.0567. The van der Waals surface area contributed by atoms with E-state index < -0.39 is 15.9 Å². The number of piperidine rings is 1. The van der Waals surface area contributed by atoms with Crippen molar-refractivity contribution < 1.29 is 22.4 Å². The van der Waals surface area contributed by atoms with Crippen molar-refractivity contribution >= 4 is 21.8 Å². The van der Waals surface area contributed by atoms with Gasteiger partial charge >= 0.3 is 0 Å². The Kier molecular flexibility index (Phi) is 5.10. The number of primary sulfonamides is 1. The number of hydrogen-bond donors (Lipinski definition) is 2. The first-order valence-electron chi connectivity index (χ1n) is 7.39. The molecule has 2 amide bonds. The van der Waals surface area contributed by atoms with Gasteiger partial charge in [0.1, 0.15) is 11.2 Å². The predicted molar refractivity (Wildman–Crippen MR) is 82.0 cm³/mol. The lowest BCUT2D eigenvalue weighted by Crippen LogP contribution is -2.50. The Hall–Kier alpha value is -1.87. The van der Waals surface area contributed by atoms with E-state index in [0.717, 1.165) is 25.2 Å². The molecule has 1 aliphatic rings. The van der Waals surface area contributed by atoms with Gasteiger partial charge in [-0.3, -0.25) is 9.59 Å². The van der Waals surface area contributed by atoms with Crippen LogP contribution in [0.2, 0.25) is 0 Å². The fourth-order valence-electron chi connectivity index (χ4n) is 2.38. The Morgan fingerprint density at radius 3 is 2.70 bits per heavy atom. The summed E-state index contributed by atoms with van der Waals surface area (Å²) in [5.74, 6) is -0.671. The number of furan rings is 1. The third-order valence-electron chi connectivity index (χ3n) is 3.69. The Bertz CT molecular complexity index is 695. The average molecular weight is 343 g/mol. The summed E-state index contributed by atoms with van der Waals surface area (Å²) in [4.78, 5) is 25.5. The van der Waals surface area contributed by atoms with E-state index in [4.69, 9.17) is 9.56 Å². The molecule has 1 unspecified atom stereocenters. The van der Waals surface area contributed by atoms with E-state index in [1.165, 1.54) is 0 Å². The minimum atomic E-state index is -3.90. The first-order valence-corrected chi connectivity index (χ1v) is 8.94. The van der Waals surface area contributed by atoms with E-state index in [1.54, 1.807) is 18.7 Å². The van der Waals surface area contributed by atoms with Crippen LogP contribution in [-0.4, -0.2) is 44.3 Å². The van der Waals surface area contributed by atoms with Crippen LogP contribution in [0.15, 0.2) is 21.6 Å². The first kappa shape index (κ1) is 17.5. The summed E-state index contributed by atoms with van der Waals surface area (Å²) in [7, 11) is -3.90. The summed E-state index contributed by atoms with van der Waals surface area (Å²) in [5, 5.41) is 7.90. The number of nitrogens with zero attached hydrogens (tertiary/aromatic N) is 1. The lowest BCUT2D eigenvalue weighted by Gasteiger charge is -2.33. The molecule has 9 heteroatoms. The van der Waals surface area contributed by atoms with Crippen LogP contribution >= 0.6 is 0 Å². The van der Waals surface area contributed by atoms with Crippen molar-refractivity contribution in [2.45, 2.75) is 37.6 Å². The number of nitrogens with two attached hydrogens (primary N) is 1. The zero-order valence-electron chi connectivity index (χ0n) is 13.1. The maximum Gasteiger partial charge on any atom is 0.289 e. The number of carbonyl (C=O) groups is 2. The molecule has 1 aliphatic heterocycles. The number of sulfonamides is 1. The van der Waals surface area contributed by atoms with Gasteiger partial charge in [-0.2, -0.15) is 0 Å². The highest BCUT2D eigenvalue weighted by atomic mass is 32.2. The molecule has 2 heterocycles. The van der Waals surface area contributed by atoms with Crippen LogP contribution in [0.5, 0.6) is 0 Å². The monoisotopic (exact) mass is 343 g/mol. The van der Waals surface area contributed by atoms with Crippen LogP contribution in [0, 0.1) is 5.92 Å². The highest BCUT2D eigenvalue weighted by Crippen LogP contribution is 2.18. The number of likely N-dealkylation sites (tertiary alicyclic amines) is 1. The van der Waals surface area contributed by atoms with Crippen LogP contribution in [0.25, 0.3) is 0 Å². The van der Waals surface area contributed by atoms with Gasteiger partial charge in [-0.05, 0) is 12.8 Å². The number of rotatable bonds is 4. The molecule has 8 nitrogen and oxygen atoms in total. The molecule has 1 fully saturated rings. The first-order chi connectivity index (χ1) is 10.7. The maximum atomic E-state index is 12.4. The Morgan fingerprint density at radius 1 is 1.43 bits per heavy atom. The van der Waals surface area contributed by atoms with Gasteiger partial charge in [-0.15, -0.1) is 0 Å². The summed E-state index contributed by atoms with van der Waals surface area (Å²) < 4.78 is 27.5. The van der Waals surface area contributed by atoms with Crippen LogP contribution in [0.3, 0.4) is 0 Å². The fraction of sp³-hybridized carbons (Fsp3) is 0.571. The van der Waals surface area contributed by atoms with Gasteiger partial charge < -0.3 is 14.6 Å². The second-order valence-corrected chi connectivity index (χ2v) is 7.51. The second-order valence-electron chi connectivity index (χ2n) is 5.95. The molecule has 0 aliphatic carbocycles. The van der Waals surface area contributed by atoms with E-state index in [-0.39, 0.29) is 28.5 Å². The van der Waals surface area contributed by atoms with E-state index in [9.17, 15) is 18.0 Å². The molecule has 2 rings (SSSR count). The SMILES string of the molecule is CC(C)C(=O)NC1CCCN(C(=O)c2cc(S(N)(=O)=O)co2)C1. The third kappa shape index (κ3) is 4.32. The quantitative estimate of drug-likeness (QED) is 0.814. The van der Waals surface area contributed by atoms with Crippen molar-refractivity contribution in [3.8, 4) is 0 Å². The molecule has 1 aromatic rings. The molecule has 0 spiro atoms. The topological polar surface area (TPSA) is 123 Å². The van der Waals surface area contributed by atoms with Crippen molar-refractivity contribution in [2.75, 3.05) is 13.1 Å². The van der Waals surface area contributed by atoms with Crippen molar-refractivity contribution in [3.63, 3.8) is 0 Å². The van der Waals surface area contributed by atoms with Gasteiger partial charge in [-0.25, -0.2) is 13.6 Å². The molecule has 1 atom stereocenters. The molecule has 0 saturated carbocycles. The molecule has 128 valence electrons. The minimum Gasteiger partial charge on any atom is -0.458 e. The van der Waals surface area contributed by atoms with Crippen molar-refractivity contribution in [1.29, 1.82) is 0 Å². The number of amides is 2. The Labute approximate surface area is 135 Å². The zero-order valence-corrected chi connectivity index (χ0v) is 13.9. The molecule has 1 saturated heterocycles. The highest BCUT2D eigenvalue weighted by molar-refractivity contribution is 7.89. The average Bonchev–Trinajstić information content (AvgIpc) is 2.96. The molecule has 0 radical (unpaired) electrons. The summed E-state index contributed by atoms with van der Waals surface area (Å²) in [5.41, 5.74) is 0. The van der Waals surface area contributed by atoms with Gasteiger partial charge in [0.2, 0.25) is 15.9 Å². The highest BCUT2D eigenvalue weighted by Gasteiger charge is 2.28.